The van der Waals surface area contributed by atoms with Crippen molar-refractivity contribution in [2.45, 2.75) is 41.5 Å². The van der Waals surface area contributed by atoms with Gasteiger partial charge in [-0.05, 0) is 49.9 Å². The Morgan fingerprint density at radius 2 is 0.885 bits per heavy atom. The Morgan fingerprint density at radius 1 is 0.615 bits per heavy atom. The van der Waals surface area contributed by atoms with E-state index < -0.39 is 11.9 Å². The zero-order valence-corrected chi connectivity index (χ0v) is 16.1. The van der Waals surface area contributed by atoms with Gasteiger partial charge in [-0.1, -0.05) is 36.4 Å². The van der Waals surface area contributed by atoms with Crippen molar-refractivity contribution < 1.29 is 19.1 Å². The van der Waals surface area contributed by atoms with Crippen LogP contribution in [-0.4, -0.2) is 11.9 Å². The summed E-state index contributed by atoms with van der Waals surface area (Å²) in [5.74, 6) is -0.418. The zero-order valence-electron chi connectivity index (χ0n) is 16.1. The predicted molar refractivity (Wildman–Crippen MR) is 102 cm³/mol. The Bertz CT molecular complexity index is 777. The molecule has 0 bridgehead atoms. The number of aryl methyl sites for hydroxylation is 4. The van der Waals surface area contributed by atoms with Crippen LogP contribution in [0.4, 0.5) is 0 Å². The summed E-state index contributed by atoms with van der Waals surface area (Å²) in [5, 5.41) is 0. The summed E-state index contributed by atoms with van der Waals surface area (Å²) < 4.78 is 11.2. The van der Waals surface area contributed by atoms with Gasteiger partial charge in [-0.2, -0.15) is 0 Å². The second-order valence-electron chi connectivity index (χ2n) is 6.38. The Balaban J connectivity index is 2.92. The number of hydrogen-bond donors (Lipinski definition) is 0. The third-order valence-corrected chi connectivity index (χ3v) is 4.11. The smallest absolute Gasteiger partial charge is 0.308 e. The van der Waals surface area contributed by atoms with Gasteiger partial charge in [-0.15, -0.1) is 0 Å². The number of carbonyl (C=O) groups excluding carboxylic acids is 2. The fourth-order valence-corrected chi connectivity index (χ4v) is 3.05. The average molecular weight is 352 g/mol. The van der Waals surface area contributed by atoms with Gasteiger partial charge in [-0.3, -0.25) is 9.59 Å². The van der Waals surface area contributed by atoms with Crippen LogP contribution in [0.1, 0.15) is 47.2 Å². The highest BCUT2D eigenvalue weighted by molar-refractivity contribution is 5.94. The molecule has 0 spiro atoms. The van der Waals surface area contributed by atoms with Crippen molar-refractivity contribution in [2.24, 2.45) is 0 Å². The molecule has 4 heteroatoms. The van der Waals surface area contributed by atoms with Crippen molar-refractivity contribution >= 4 is 23.5 Å². The molecule has 0 fully saturated rings. The highest BCUT2D eigenvalue weighted by atomic mass is 16.6. The van der Waals surface area contributed by atoms with Crippen LogP contribution in [0, 0.1) is 27.7 Å². The maximum Gasteiger partial charge on any atom is 0.308 e. The maximum atomic E-state index is 11.8. The topological polar surface area (TPSA) is 52.6 Å². The number of rotatable bonds is 4. The largest absolute Gasteiger partial charge is 0.422 e. The first-order valence-corrected chi connectivity index (χ1v) is 8.46. The molecule has 0 unspecified atom stereocenters. The lowest BCUT2D eigenvalue weighted by Crippen LogP contribution is -2.10. The van der Waals surface area contributed by atoms with E-state index in [0.29, 0.717) is 0 Å². The lowest BCUT2D eigenvalue weighted by atomic mass is 9.95. The van der Waals surface area contributed by atoms with E-state index in [-0.39, 0.29) is 11.5 Å². The second kappa shape index (κ2) is 8.00. The minimum absolute atomic E-state index is 0.265. The molecule has 0 N–H and O–H groups in total. The summed E-state index contributed by atoms with van der Waals surface area (Å²) in [6.07, 6.45) is 0. The van der Waals surface area contributed by atoms with Crippen molar-refractivity contribution in [1.29, 1.82) is 0 Å². The van der Waals surface area contributed by atoms with Gasteiger partial charge in [0.15, 0.2) is 11.5 Å². The molecular formula is C22H24O4. The van der Waals surface area contributed by atoms with Gasteiger partial charge in [0, 0.05) is 25.0 Å². The molecular weight excluding hydrogens is 328 g/mol. The van der Waals surface area contributed by atoms with Gasteiger partial charge in [0.1, 0.15) is 0 Å². The van der Waals surface area contributed by atoms with Crippen LogP contribution < -0.4 is 0 Å². The maximum absolute atomic E-state index is 11.8. The number of hydrogen-bond acceptors (Lipinski definition) is 4. The molecule has 0 aliphatic rings. The van der Waals surface area contributed by atoms with Gasteiger partial charge in [0.2, 0.25) is 0 Å². The molecule has 0 aliphatic carbocycles. The van der Waals surface area contributed by atoms with Gasteiger partial charge in [0.25, 0.3) is 0 Å². The van der Waals surface area contributed by atoms with Crippen molar-refractivity contribution in [2.75, 3.05) is 0 Å². The van der Waals surface area contributed by atoms with E-state index in [2.05, 4.69) is 0 Å². The number of esters is 2. The standard InChI is InChI=1S/C22H24O4/c1-13-9-7-10-14(2)19(13)21(25-17(5)23)22(26-18(6)24)20-15(3)11-8-12-16(20)4/h7-12H,1-6H3. The van der Waals surface area contributed by atoms with Crippen molar-refractivity contribution in [3.05, 3.63) is 69.8 Å². The summed E-state index contributed by atoms with van der Waals surface area (Å²) in [4.78, 5) is 23.7. The monoisotopic (exact) mass is 352 g/mol. The lowest BCUT2D eigenvalue weighted by molar-refractivity contribution is -0.136. The zero-order chi connectivity index (χ0) is 19.4. The van der Waals surface area contributed by atoms with E-state index in [9.17, 15) is 9.59 Å². The molecule has 136 valence electrons. The van der Waals surface area contributed by atoms with Crippen LogP contribution in [0.15, 0.2) is 36.4 Å². The normalized spacial score (nSPS) is 11.6. The van der Waals surface area contributed by atoms with Crippen LogP contribution in [-0.2, 0) is 19.1 Å². The highest BCUT2D eigenvalue weighted by Gasteiger charge is 2.24. The fourth-order valence-electron chi connectivity index (χ4n) is 3.05. The van der Waals surface area contributed by atoms with Crippen molar-refractivity contribution in [1.82, 2.24) is 0 Å². The lowest BCUT2D eigenvalue weighted by Gasteiger charge is -2.20. The molecule has 0 saturated carbocycles. The van der Waals surface area contributed by atoms with E-state index in [1.54, 1.807) is 0 Å². The Morgan fingerprint density at radius 3 is 1.12 bits per heavy atom. The summed E-state index contributed by atoms with van der Waals surface area (Å²) in [6.45, 7) is 10.4. The minimum Gasteiger partial charge on any atom is -0.422 e. The summed E-state index contributed by atoms with van der Waals surface area (Å²) >= 11 is 0. The molecule has 0 amide bonds. The van der Waals surface area contributed by atoms with Gasteiger partial charge < -0.3 is 9.47 Å². The van der Waals surface area contributed by atoms with Crippen molar-refractivity contribution in [3.63, 3.8) is 0 Å². The first-order valence-electron chi connectivity index (χ1n) is 8.46. The van der Waals surface area contributed by atoms with Gasteiger partial charge >= 0.3 is 11.9 Å². The molecule has 2 rings (SSSR count). The average Bonchev–Trinajstić information content (AvgIpc) is 2.51. The molecule has 26 heavy (non-hydrogen) atoms. The highest BCUT2D eigenvalue weighted by Crippen LogP contribution is 2.35. The molecule has 0 aliphatic heterocycles. The van der Waals surface area contributed by atoms with Crippen LogP contribution in [0.3, 0.4) is 0 Å². The first kappa shape index (κ1) is 19.4. The second-order valence-corrected chi connectivity index (χ2v) is 6.38. The summed E-state index contributed by atoms with van der Waals surface area (Å²) in [5.41, 5.74) is 5.21. The minimum atomic E-state index is -0.474. The third kappa shape index (κ3) is 4.20. The molecule has 0 saturated heterocycles. The first-order chi connectivity index (χ1) is 12.2. The molecule has 0 aromatic heterocycles. The Hall–Kier alpha value is -2.88. The van der Waals surface area contributed by atoms with E-state index in [4.69, 9.17) is 9.47 Å². The van der Waals surface area contributed by atoms with Gasteiger partial charge in [-0.25, -0.2) is 0 Å². The fraction of sp³-hybridized carbons (Fsp3) is 0.273. The molecule has 0 heterocycles. The van der Waals surface area contributed by atoms with Crippen LogP contribution in [0.2, 0.25) is 0 Å². The van der Waals surface area contributed by atoms with E-state index in [1.807, 2.05) is 64.1 Å². The molecule has 2 aromatic rings. The summed E-state index contributed by atoms with van der Waals surface area (Å²) in [7, 11) is 0. The van der Waals surface area contributed by atoms with E-state index in [1.165, 1.54) is 13.8 Å². The molecule has 4 nitrogen and oxygen atoms in total. The molecule has 2 aromatic carbocycles. The molecule has 0 radical (unpaired) electrons. The molecule has 0 atom stereocenters. The number of carbonyl (C=O) groups is 2. The third-order valence-electron chi connectivity index (χ3n) is 4.11. The van der Waals surface area contributed by atoms with E-state index in [0.717, 1.165) is 33.4 Å². The quantitative estimate of drug-likeness (QED) is 0.447. The Kier molecular flexibility index (Phi) is 5.98. The predicted octanol–water partition coefficient (Wildman–Crippen LogP) is 4.87. The SMILES string of the molecule is CC(=O)OC(=C(OC(C)=O)c1c(C)cccc1C)c1c(C)cccc1C. The number of ether oxygens (including phenoxy) is 2. The Labute approximate surface area is 154 Å². The van der Waals surface area contributed by atoms with Crippen LogP contribution in [0.5, 0.6) is 0 Å². The van der Waals surface area contributed by atoms with Gasteiger partial charge in [0.05, 0.1) is 0 Å². The summed E-state index contributed by atoms with van der Waals surface area (Å²) in [6, 6.07) is 11.6. The van der Waals surface area contributed by atoms with Crippen LogP contribution in [0.25, 0.3) is 11.5 Å². The van der Waals surface area contributed by atoms with Crippen molar-refractivity contribution in [3.8, 4) is 0 Å². The van der Waals surface area contributed by atoms with E-state index >= 15 is 0 Å². The van der Waals surface area contributed by atoms with Crippen LogP contribution >= 0.6 is 0 Å². The number of benzene rings is 2.